The highest BCUT2D eigenvalue weighted by molar-refractivity contribution is 6.35. The monoisotopic (exact) mass is 391 g/mol. The SMILES string of the molecule is COc1ccc(CC(O)(CC(=O)C(=O)N(C)O)c2ccc(O)c(O)c2O)cc1. The fourth-order valence-corrected chi connectivity index (χ4v) is 2.80. The summed E-state index contributed by atoms with van der Waals surface area (Å²) in [5.41, 5.74) is -1.85. The quantitative estimate of drug-likeness (QED) is 0.204. The topological polar surface area (TPSA) is 148 Å². The predicted octanol–water partition coefficient (Wildman–Crippen LogP) is 1.05. The van der Waals surface area contributed by atoms with E-state index in [9.17, 15) is 35.2 Å². The first-order valence-corrected chi connectivity index (χ1v) is 8.18. The predicted molar refractivity (Wildman–Crippen MR) is 96.2 cm³/mol. The number of benzene rings is 2. The van der Waals surface area contributed by atoms with Crippen molar-refractivity contribution in [3.63, 3.8) is 0 Å². The summed E-state index contributed by atoms with van der Waals surface area (Å²) >= 11 is 0. The normalized spacial score (nSPS) is 12.9. The Morgan fingerprint density at radius 3 is 2.18 bits per heavy atom. The van der Waals surface area contributed by atoms with Crippen LogP contribution in [-0.4, -0.2) is 56.5 Å². The average Bonchev–Trinajstić information content (AvgIpc) is 2.65. The molecule has 0 fully saturated rings. The number of likely N-dealkylation sites (N-methyl/N-ethyl adjacent to an activating group) is 1. The number of ether oxygens (including phenoxy) is 1. The maximum Gasteiger partial charge on any atom is 0.313 e. The third-order valence-electron chi connectivity index (χ3n) is 4.27. The van der Waals surface area contributed by atoms with Crippen LogP contribution in [0.1, 0.15) is 17.5 Å². The summed E-state index contributed by atoms with van der Waals surface area (Å²) in [6, 6.07) is 8.65. The van der Waals surface area contributed by atoms with E-state index in [1.807, 2.05) is 0 Å². The molecule has 0 heterocycles. The molecule has 9 heteroatoms. The van der Waals surface area contributed by atoms with Crippen LogP contribution in [0.15, 0.2) is 36.4 Å². The van der Waals surface area contributed by atoms with Gasteiger partial charge in [0.25, 0.3) is 0 Å². The number of hydrogen-bond acceptors (Lipinski definition) is 8. The number of aliphatic hydroxyl groups is 1. The number of hydroxylamine groups is 2. The molecule has 0 saturated heterocycles. The number of methoxy groups -OCH3 is 1. The maximum atomic E-state index is 12.2. The van der Waals surface area contributed by atoms with Gasteiger partial charge >= 0.3 is 5.91 Å². The van der Waals surface area contributed by atoms with Crippen molar-refractivity contribution in [2.75, 3.05) is 14.2 Å². The highest BCUT2D eigenvalue weighted by atomic mass is 16.5. The smallest absolute Gasteiger partial charge is 0.313 e. The van der Waals surface area contributed by atoms with Crippen LogP contribution in [-0.2, 0) is 21.6 Å². The van der Waals surface area contributed by atoms with Crippen molar-refractivity contribution in [1.82, 2.24) is 5.06 Å². The molecule has 1 atom stereocenters. The van der Waals surface area contributed by atoms with Crippen molar-refractivity contribution in [1.29, 1.82) is 0 Å². The highest BCUT2D eigenvalue weighted by Crippen LogP contribution is 2.44. The summed E-state index contributed by atoms with van der Waals surface area (Å²) in [7, 11) is 2.45. The number of ketones is 1. The second-order valence-electron chi connectivity index (χ2n) is 6.31. The number of Topliss-reactive ketones (excluding diaryl/α,β-unsaturated/α-hetero) is 1. The Morgan fingerprint density at radius 2 is 1.64 bits per heavy atom. The Kier molecular flexibility index (Phi) is 6.12. The molecule has 0 aliphatic carbocycles. The van der Waals surface area contributed by atoms with Crippen molar-refractivity contribution in [2.45, 2.75) is 18.4 Å². The molecule has 0 saturated carbocycles. The zero-order valence-electron chi connectivity index (χ0n) is 15.3. The van der Waals surface area contributed by atoms with E-state index < -0.39 is 41.0 Å². The molecule has 5 N–H and O–H groups in total. The molecule has 9 nitrogen and oxygen atoms in total. The Morgan fingerprint density at radius 1 is 1.04 bits per heavy atom. The lowest BCUT2D eigenvalue weighted by Gasteiger charge is -2.29. The second-order valence-corrected chi connectivity index (χ2v) is 6.31. The summed E-state index contributed by atoms with van der Waals surface area (Å²) in [5, 5.41) is 50.0. The number of phenols is 3. The van der Waals surface area contributed by atoms with E-state index in [1.54, 1.807) is 24.3 Å². The summed E-state index contributed by atoms with van der Waals surface area (Å²) < 4.78 is 5.06. The first kappa shape index (κ1) is 21.0. The van der Waals surface area contributed by atoms with E-state index in [-0.39, 0.29) is 17.0 Å². The van der Waals surface area contributed by atoms with Crippen LogP contribution in [0, 0.1) is 0 Å². The molecule has 0 bridgehead atoms. The van der Waals surface area contributed by atoms with Gasteiger partial charge in [-0.15, -0.1) is 0 Å². The van der Waals surface area contributed by atoms with Crippen molar-refractivity contribution in [3.05, 3.63) is 47.5 Å². The lowest BCUT2D eigenvalue weighted by atomic mass is 9.82. The molecule has 0 aliphatic rings. The van der Waals surface area contributed by atoms with Crippen molar-refractivity contribution in [2.24, 2.45) is 0 Å². The van der Waals surface area contributed by atoms with Crippen LogP contribution in [0.3, 0.4) is 0 Å². The van der Waals surface area contributed by atoms with Gasteiger partial charge in [-0.2, -0.15) is 0 Å². The largest absolute Gasteiger partial charge is 0.504 e. The molecule has 28 heavy (non-hydrogen) atoms. The van der Waals surface area contributed by atoms with Crippen molar-refractivity contribution < 1.29 is 40.0 Å². The number of nitrogens with zero attached hydrogens (tertiary/aromatic N) is 1. The van der Waals surface area contributed by atoms with Gasteiger partial charge in [0.2, 0.25) is 11.5 Å². The number of carbonyl (C=O) groups excluding carboxylic acids is 2. The molecule has 0 radical (unpaired) electrons. The summed E-state index contributed by atoms with van der Waals surface area (Å²) in [6.45, 7) is 0. The van der Waals surface area contributed by atoms with Crippen molar-refractivity contribution >= 4 is 11.7 Å². The summed E-state index contributed by atoms with van der Waals surface area (Å²) in [6.07, 6.45) is -1.01. The van der Waals surface area contributed by atoms with Crippen LogP contribution in [0.5, 0.6) is 23.0 Å². The fourth-order valence-electron chi connectivity index (χ4n) is 2.80. The maximum absolute atomic E-state index is 12.2. The standard InChI is InChI=1S/C19H21NO8/c1-20(27)18(25)15(22)10-19(26,9-11-3-5-12(28-2)6-4-11)13-7-8-14(21)17(24)16(13)23/h3-8,21,23-24,26-27H,9-10H2,1-2H3. The lowest BCUT2D eigenvalue weighted by molar-refractivity contribution is -0.167. The van der Waals surface area contributed by atoms with Gasteiger partial charge in [-0.25, -0.2) is 5.06 Å². The first-order valence-electron chi connectivity index (χ1n) is 8.18. The summed E-state index contributed by atoms with van der Waals surface area (Å²) in [4.78, 5) is 23.9. The average molecular weight is 391 g/mol. The zero-order valence-corrected chi connectivity index (χ0v) is 15.3. The molecule has 1 unspecified atom stereocenters. The minimum absolute atomic E-state index is 0.0876. The summed E-state index contributed by atoms with van der Waals surface area (Å²) in [5.74, 6) is -4.13. The Hall–Kier alpha value is -3.30. The number of aromatic hydroxyl groups is 3. The molecule has 2 aromatic rings. The Labute approximate surface area is 160 Å². The van der Waals surface area contributed by atoms with Gasteiger partial charge in [0.05, 0.1) is 7.11 Å². The van der Waals surface area contributed by atoms with Crippen LogP contribution < -0.4 is 4.74 Å². The Bertz CT molecular complexity index is 878. The van der Waals surface area contributed by atoms with Gasteiger partial charge in [0.15, 0.2) is 11.5 Å². The van der Waals surface area contributed by atoms with Gasteiger partial charge < -0.3 is 25.2 Å². The molecule has 0 aromatic heterocycles. The van der Waals surface area contributed by atoms with Gasteiger partial charge in [0.1, 0.15) is 11.4 Å². The van der Waals surface area contributed by atoms with Crippen molar-refractivity contribution in [3.8, 4) is 23.0 Å². The minimum atomic E-state index is -2.12. The lowest BCUT2D eigenvalue weighted by Crippen LogP contribution is -2.38. The number of hydrogen-bond donors (Lipinski definition) is 5. The zero-order chi connectivity index (χ0) is 21.1. The van der Waals surface area contributed by atoms with E-state index in [0.29, 0.717) is 11.3 Å². The van der Waals surface area contributed by atoms with Crippen LogP contribution in [0.25, 0.3) is 0 Å². The van der Waals surface area contributed by atoms with Gasteiger partial charge in [-0.05, 0) is 29.8 Å². The molecular weight excluding hydrogens is 370 g/mol. The number of rotatable bonds is 7. The number of carbonyl (C=O) groups is 2. The van der Waals surface area contributed by atoms with Crippen LogP contribution >= 0.6 is 0 Å². The van der Waals surface area contributed by atoms with Gasteiger partial charge in [0, 0.05) is 25.5 Å². The molecule has 0 spiro atoms. The van der Waals surface area contributed by atoms with Crippen LogP contribution in [0.4, 0.5) is 0 Å². The molecular formula is C19H21NO8. The Balaban J connectivity index is 2.49. The van der Waals surface area contributed by atoms with E-state index in [4.69, 9.17) is 4.74 Å². The fraction of sp³-hybridized carbons (Fsp3) is 0.263. The molecule has 2 rings (SSSR count). The number of phenolic OH excluding ortho intramolecular Hbond substituents is 3. The van der Waals surface area contributed by atoms with Crippen LogP contribution in [0.2, 0.25) is 0 Å². The van der Waals surface area contributed by atoms with E-state index in [1.165, 1.54) is 7.11 Å². The third kappa shape index (κ3) is 4.33. The minimum Gasteiger partial charge on any atom is -0.504 e. The molecule has 0 aliphatic heterocycles. The second kappa shape index (κ2) is 8.15. The number of amides is 1. The van der Waals surface area contributed by atoms with Gasteiger partial charge in [-0.1, -0.05) is 12.1 Å². The molecule has 150 valence electrons. The van der Waals surface area contributed by atoms with E-state index in [2.05, 4.69) is 0 Å². The third-order valence-corrected chi connectivity index (χ3v) is 4.27. The molecule has 1 amide bonds. The molecule has 2 aromatic carbocycles. The highest BCUT2D eigenvalue weighted by Gasteiger charge is 2.38. The first-order chi connectivity index (χ1) is 13.1. The van der Waals surface area contributed by atoms with E-state index in [0.717, 1.165) is 19.2 Å². The van der Waals surface area contributed by atoms with E-state index >= 15 is 0 Å². The van der Waals surface area contributed by atoms with Gasteiger partial charge in [-0.3, -0.25) is 14.8 Å².